The van der Waals surface area contributed by atoms with E-state index in [0.717, 1.165) is 17.2 Å². The predicted molar refractivity (Wildman–Crippen MR) is 64.9 cm³/mol. The molecule has 0 saturated heterocycles. The fourth-order valence-electron chi connectivity index (χ4n) is 0.877. The lowest BCUT2D eigenvalue weighted by atomic mass is 10.4. The maximum atomic E-state index is 10.8. The third-order valence-corrected chi connectivity index (χ3v) is 1.97. The fourth-order valence-corrected chi connectivity index (χ4v) is 0.877. The summed E-state index contributed by atoms with van der Waals surface area (Å²) in [6.07, 6.45) is 2.15. The van der Waals surface area contributed by atoms with Crippen molar-refractivity contribution >= 4 is 5.97 Å². The molecule has 0 aromatic carbocycles. The summed E-state index contributed by atoms with van der Waals surface area (Å²) in [4.78, 5) is 13.8. The van der Waals surface area contributed by atoms with Crippen LogP contribution in [-0.4, -0.2) is 59.9 Å². The largest absolute Gasteiger partial charge is 0.618 e. The van der Waals surface area contributed by atoms with Crippen molar-refractivity contribution in [2.45, 2.75) is 6.92 Å². The number of carboxylic acids is 1. The third-order valence-electron chi connectivity index (χ3n) is 1.97. The smallest absolute Gasteiger partial charge is 0.360 e. The number of aromatic nitrogens is 2. The summed E-state index contributed by atoms with van der Waals surface area (Å²) in [6, 6.07) is 0. The van der Waals surface area contributed by atoms with Crippen molar-refractivity contribution in [3.8, 4) is 0 Å². The van der Waals surface area contributed by atoms with Gasteiger partial charge in [0, 0.05) is 6.92 Å². The minimum atomic E-state index is -1.20. The molecule has 2 N–H and O–H groups in total. The van der Waals surface area contributed by atoms with E-state index in [-0.39, 0.29) is 12.3 Å². The number of likely N-dealkylation sites (N-methyl/N-ethyl adjacent to an activating group) is 1. The molecule has 1 aromatic heterocycles. The lowest BCUT2D eigenvalue weighted by Gasteiger charge is -2.21. The summed E-state index contributed by atoms with van der Waals surface area (Å²) < 4.78 is 1.31. The molecule has 1 rings (SSSR count). The van der Waals surface area contributed by atoms with Crippen LogP contribution in [0.2, 0.25) is 0 Å². The summed E-state index contributed by atoms with van der Waals surface area (Å²) in [5.74, 6) is -1.20. The first-order chi connectivity index (χ1) is 8.17. The van der Waals surface area contributed by atoms with Crippen molar-refractivity contribution in [3.05, 3.63) is 29.0 Å². The first kappa shape index (κ1) is 16.3. The summed E-state index contributed by atoms with van der Waals surface area (Å²) in [6.45, 7) is 2.66. The number of hydrogen-bond donors (Lipinski definition) is 2. The number of aliphatic hydroxyl groups is 1. The van der Waals surface area contributed by atoms with E-state index in [1.165, 1.54) is 6.20 Å². The van der Waals surface area contributed by atoms with E-state index in [1.807, 2.05) is 0 Å². The molecule has 18 heavy (non-hydrogen) atoms. The lowest BCUT2D eigenvalue weighted by molar-refractivity contribution is -0.870. The molecule has 7 nitrogen and oxygen atoms in total. The van der Waals surface area contributed by atoms with E-state index in [4.69, 9.17) is 10.2 Å². The first-order valence-electron chi connectivity index (χ1n) is 5.38. The van der Waals surface area contributed by atoms with Crippen LogP contribution < -0.4 is 4.73 Å². The highest BCUT2D eigenvalue weighted by molar-refractivity contribution is 5.84. The standard InChI is InChI=1S/C6H6N2O3.C5H14NO/c1-4-2-7-5(6(9)10)3-8(4)11;1-6(2,3)4-5-7/h2-3H,1H3,(H,9,10);7H,4-5H2,1-3H3/q;+1. The zero-order valence-electron chi connectivity index (χ0n) is 11.1. The Bertz CT molecular complexity index is 402. The quantitative estimate of drug-likeness (QED) is 0.429. The molecule has 0 fully saturated rings. The highest BCUT2D eigenvalue weighted by atomic mass is 16.5. The molecule has 0 bridgehead atoms. The molecule has 7 heteroatoms. The molecule has 0 spiro atoms. The topological polar surface area (TPSA) is 97.4 Å². The number of nitrogens with zero attached hydrogens (tertiary/aromatic N) is 3. The molecule has 0 amide bonds. The van der Waals surface area contributed by atoms with Crippen LogP contribution in [0.5, 0.6) is 0 Å². The summed E-state index contributed by atoms with van der Waals surface area (Å²) in [5.41, 5.74) is 0.126. The zero-order valence-corrected chi connectivity index (χ0v) is 11.1. The van der Waals surface area contributed by atoms with Crippen LogP contribution in [0.15, 0.2) is 12.4 Å². The van der Waals surface area contributed by atoms with E-state index < -0.39 is 5.97 Å². The summed E-state index contributed by atoms with van der Waals surface area (Å²) >= 11 is 0. The number of aryl methyl sites for hydroxylation is 1. The maximum absolute atomic E-state index is 10.8. The second-order valence-corrected chi connectivity index (χ2v) is 4.78. The van der Waals surface area contributed by atoms with Crippen LogP contribution >= 0.6 is 0 Å². The molecular weight excluding hydrogens is 238 g/mol. The Labute approximate surface area is 106 Å². The van der Waals surface area contributed by atoms with Crippen molar-refractivity contribution in [2.75, 3.05) is 34.3 Å². The molecule has 1 aromatic rings. The predicted octanol–water partition coefficient (Wildman–Crippen LogP) is -0.593. The van der Waals surface area contributed by atoms with Crippen molar-refractivity contribution < 1.29 is 24.2 Å². The Morgan fingerprint density at radius 2 is 2.06 bits per heavy atom. The Kier molecular flexibility index (Phi) is 6.21. The van der Waals surface area contributed by atoms with Crippen molar-refractivity contribution in [2.24, 2.45) is 0 Å². The molecule has 0 unspecified atom stereocenters. The lowest BCUT2D eigenvalue weighted by Crippen LogP contribution is -2.36. The molecule has 102 valence electrons. The van der Waals surface area contributed by atoms with Crippen LogP contribution in [0, 0.1) is 12.1 Å². The van der Waals surface area contributed by atoms with Crippen LogP contribution in [0.25, 0.3) is 0 Å². The van der Waals surface area contributed by atoms with E-state index in [1.54, 1.807) is 6.92 Å². The van der Waals surface area contributed by atoms with Crippen molar-refractivity contribution in [1.29, 1.82) is 0 Å². The third kappa shape index (κ3) is 6.77. The molecule has 0 saturated carbocycles. The van der Waals surface area contributed by atoms with E-state index >= 15 is 0 Å². The Balaban J connectivity index is 0.000000360. The van der Waals surface area contributed by atoms with Gasteiger partial charge in [-0.05, 0) is 0 Å². The van der Waals surface area contributed by atoms with Crippen LogP contribution in [0.1, 0.15) is 16.2 Å². The van der Waals surface area contributed by atoms with Gasteiger partial charge in [0.1, 0.15) is 6.54 Å². The SMILES string of the molecule is C[N+](C)(C)CCO.Cc1cnc(C(=O)O)c[n+]1[O-]. The molecule has 0 atom stereocenters. The van der Waals surface area contributed by atoms with Crippen molar-refractivity contribution in [1.82, 2.24) is 4.98 Å². The maximum Gasteiger partial charge on any atom is 0.360 e. The van der Waals surface area contributed by atoms with Gasteiger partial charge in [0.2, 0.25) is 17.6 Å². The van der Waals surface area contributed by atoms with Gasteiger partial charge in [0.25, 0.3) is 0 Å². The van der Waals surface area contributed by atoms with Crippen LogP contribution in [0.3, 0.4) is 0 Å². The Hall–Kier alpha value is -1.73. The number of carbonyl (C=O) groups is 1. The second kappa shape index (κ2) is 6.87. The highest BCUT2D eigenvalue weighted by Gasteiger charge is 2.09. The number of carboxylic acid groups (broad SMARTS) is 1. The van der Waals surface area contributed by atoms with Gasteiger partial charge in [-0.15, -0.1) is 0 Å². The Morgan fingerprint density at radius 3 is 2.33 bits per heavy atom. The summed E-state index contributed by atoms with van der Waals surface area (Å²) in [5, 5.41) is 27.5. The average Bonchev–Trinajstić information content (AvgIpc) is 2.21. The van der Waals surface area contributed by atoms with Crippen molar-refractivity contribution in [3.63, 3.8) is 0 Å². The van der Waals surface area contributed by atoms with Crippen LogP contribution in [0.4, 0.5) is 0 Å². The second-order valence-electron chi connectivity index (χ2n) is 4.78. The first-order valence-corrected chi connectivity index (χ1v) is 5.38. The number of hydrogen-bond acceptors (Lipinski definition) is 4. The van der Waals surface area contributed by atoms with E-state index in [2.05, 4.69) is 26.1 Å². The molecule has 0 aliphatic rings. The average molecular weight is 258 g/mol. The molecule has 1 heterocycles. The molecule has 0 aliphatic heterocycles. The monoisotopic (exact) mass is 258 g/mol. The number of rotatable bonds is 3. The van der Waals surface area contributed by atoms with Gasteiger partial charge in [-0.2, -0.15) is 4.73 Å². The van der Waals surface area contributed by atoms with Gasteiger partial charge in [0.15, 0.2) is 0 Å². The van der Waals surface area contributed by atoms with Gasteiger partial charge in [0.05, 0.1) is 33.9 Å². The van der Waals surface area contributed by atoms with E-state index in [9.17, 15) is 10.0 Å². The van der Waals surface area contributed by atoms with Gasteiger partial charge >= 0.3 is 5.97 Å². The minimum Gasteiger partial charge on any atom is -0.618 e. The van der Waals surface area contributed by atoms with Gasteiger partial charge < -0.3 is 19.9 Å². The Morgan fingerprint density at radius 1 is 1.50 bits per heavy atom. The van der Waals surface area contributed by atoms with Gasteiger partial charge in [-0.25, -0.2) is 9.78 Å². The molecular formula is C11H20N3O4+. The fraction of sp³-hybridized carbons (Fsp3) is 0.545. The van der Waals surface area contributed by atoms with Gasteiger partial charge in [-0.1, -0.05) is 0 Å². The normalized spacial score (nSPS) is 10.5. The molecule has 0 radical (unpaired) electrons. The van der Waals surface area contributed by atoms with E-state index in [0.29, 0.717) is 10.4 Å². The van der Waals surface area contributed by atoms with Gasteiger partial charge in [-0.3, -0.25) is 0 Å². The summed E-state index contributed by atoms with van der Waals surface area (Å²) in [7, 11) is 6.16. The number of aliphatic hydroxyl groups excluding tert-OH is 1. The van der Waals surface area contributed by atoms with Crippen LogP contribution in [-0.2, 0) is 0 Å². The number of aromatic carboxylic acids is 1. The highest BCUT2D eigenvalue weighted by Crippen LogP contribution is 1.90. The molecule has 0 aliphatic carbocycles. The minimum absolute atomic E-state index is 0.245. The number of quaternary nitrogens is 1. The zero-order chi connectivity index (χ0) is 14.3.